The SMILES string of the molecule is CC(C)C(CCl)Nc1cncc2nnnn12. The largest absolute Gasteiger partial charge is 0.364 e. The van der Waals surface area contributed by atoms with Gasteiger partial charge < -0.3 is 5.32 Å². The molecule has 0 saturated carbocycles. The number of anilines is 1. The van der Waals surface area contributed by atoms with Crippen LogP contribution in [0.2, 0.25) is 0 Å². The second-order valence-corrected chi connectivity index (χ2v) is 4.20. The predicted octanol–water partition coefficient (Wildman–Crippen LogP) is 1.19. The third kappa shape index (κ3) is 2.06. The molecule has 7 heteroatoms. The highest BCUT2D eigenvalue weighted by Crippen LogP contribution is 2.13. The summed E-state index contributed by atoms with van der Waals surface area (Å²) in [6, 6.07) is 0.165. The van der Waals surface area contributed by atoms with Crippen LogP contribution >= 0.6 is 11.6 Å². The number of rotatable bonds is 4. The van der Waals surface area contributed by atoms with Gasteiger partial charge in [-0.05, 0) is 16.3 Å². The zero-order chi connectivity index (χ0) is 11.5. The molecule has 1 N–H and O–H groups in total. The van der Waals surface area contributed by atoms with Gasteiger partial charge in [-0.3, -0.25) is 4.98 Å². The molecule has 2 aromatic heterocycles. The van der Waals surface area contributed by atoms with E-state index in [9.17, 15) is 0 Å². The number of nitrogens with one attached hydrogen (secondary N) is 1. The standard InChI is InChI=1S/C9H13ClN6/c1-6(2)7(3-10)12-8-4-11-5-9-13-14-15-16(8)9/h4-7,12H,3H2,1-2H3. The Labute approximate surface area is 98.0 Å². The molecule has 0 aliphatic heterocycles. The maximum Gasteiger partial charge on any atom is 0.199 e. The van der Waals surface area contributed by atoms with Crippen molar-refractivity contribution in [1.82, 2.24) is 25.0 Å². The summed E-state index contributed by atoms with van der Waals surface area (Å²) in [5.41, 5.74) is 0.613. The highest BCUT2D eigenvalue weighted by Gasteiger charge is 2.14. The fraction of sp³-hybridized carbons (Fsp3) is 0.556. The molecule has 0 aliphatic carbocycles. The first-order chi connectivity index (χ1) is 7.72. The molecular formula is C9H13ClN6. The van der Waals surface area contributed by atoms with E-state index in [2.05, 4.69) is 39.7 Å². The van der Waals surface area contributed by atoms with Crippen LogP contribution in [-0.2, 0) is 0 Å². The van der Waals surface area contributed by atoms with E-state index in [0.29, 0.717) is 17.4 Å². The number of hydrogen-bond acceptors (Lipinski definition) is 5. The Balaban J connectivity index is 2.29. The summed E-state index contributed by atoms with van der Waals surface area (Å²) in [4.78, 5) is 4.06. The lowest BCUT2D eigenvalue weighted by Gasteiger charge is -2.20. The monoisotopic (exact) mass is 240 g/mol. The maximum atomic E-state index is 5.89. The van der Waals surface area contributed by atoms with Gasteiger partial charge in [0.25, 0.3) is 0 Å². The smallest absolute Gasteiger partial charge is 0.199 e. The Morgan fingerprint density at radius 3 is 2.94 bits per heavy atom. The van der Waals surface area contributed by atoms with Crippen LogP contribution < -0.4 is 5.32 Å². The Morgan fingerprint density at radius 1 is 1.44 bits per heavy atom. The van der Waals surface area contributed by atoms with Gasteiger partial charge in [-0.1, -0.05) is 13.8 Å². The van der Waals surface area contributed by atoms with Crippen molar-refractivity contribution in [2.45, 2.75) is 19.9 Å². The minimum absolute atomic E-state index is 0.165. The summed E-state index contributed by atoms with van der Waals surface area (Å²) < 4.78 is 1.61. The second-order valence-electron chi connectivity index (χ2n) is 3.89. The van der Waals surface area contributed by atoms with E-state index in [1.807, 2.05) is 0 Å². The number of nitrogens with zero attached hydrogens (tertiary/aromatic N) is 5. The molecule has 86 valence electrons. The predicted molar refractivity (Wildman–Crippen MR) is 61.5 cm³/mol. The highest BCUT2D eigenvalue weighted by molar-refractivity contribution is 6.18. The highest BCUT2D eigenvalue weighted by atomic mass is 35.5. The summed E-state index contributed by atoms with van der Waals surface area (Å²) in [5, 5.41) is 14.6. The maximum absolute atomic E-state index is 5.89. The van der Waals surface area contributed by atoms with Gasteiger partial charge in [0, 0.05) is 11.9 Å². The Morgan fingerprint density at radius 2 is 2.25 bits per heavy atom. The summed E-state index contributed by atoms with van der Waals surface area (Å²) in [5.74, 6) is 1.70. The number of alkyl halides is 1. The van der Waals surface area contributed by atoms with E-state index < -0.39 is 0 Å². The van der Waals surface area contributed by atoms with Crippen molar-refractivity contribution in [2.24, 2.45) is 5.92 Å². The molecule has 6 nitrogen and oxygen atoms in total. The Bertz CT molecular complexity index is 468. The fourth-order valence-corrected chi connectivity index (χ4v) is 1.78. The van der Waals surface area contributed by atoms with Gasteiger partial charge in [-0.2, -0.15) is 4.52 Å². The van der Waals surface area contributed by atoms with Crippen molar-refractivity contribution in [1.29, 1.82) is 0 Å². The van der Waals surface area contributed by atoms with Crippen LogP contribution in [0.5, 0.6) is 0 Å². The van der Waals surface area contributed by atoms with E-state index in [0.717, 1.165) is 5.82 Å². The molecular weight excluding hydrogens is 228 g/mol. The van der Waals surface area contributed by atoms with Crippen LogP contribution in [0, 0.1) is 5.92 Å². The van der Waals surface area contributed by atoms with Gasteiger partial charge in [0.2, 0.25) is 0 Å². The average Bonchev–Trinajstić information content (AvgIpc) is 2.73. The first-order valence-electron chi connectivity index (χ1n) is 5.07. The topological polar surface area (TPSA) is 68.0 Å². The summed E-state index contributed by atoms with van der Waals surface area (Å²) in [6.45, 7) is 4.21. The van der Waals surface area contributed by atoms with Gasteiger partial charge in [-0.15, -0.1) is 16.7 Å². The zero-order valence-corrected chi connectivity index (χ0v) is 9.89. The molecule has 0 aromatic carbocycles. The summed E-state index contributed by atoms with van der Waals surface area (Å²) >= 11 is 5.89. The van der Waals surface area contributed by atoms with E-state index in [1.54, 1.807) is 16.9 Å². The first kappa shape index (κ1) is 11.1. The lowest BCUT2D eigenvalue weighted by atomic mass is 10.1. The van der Waals surface area contributed by atoms with E-state index in [4.69, 9.17) is 11.6 Å². The van der Waals surface area contributed by atoms with E-state index >= 15 is 0 Å². The van der Waals surface area contributed by atoms with E-state index in [1.165, 1.54) is 0 Å². The number of tetrazole rings is 1. The van der Waals surface area contributed by atoms with Gasteiger partial charge in [0.15, 0.2) is 11.5 Å². The van der Waals surface area contributed by atoms with Crippen LogP contribution in [0.15, 0.2) is 12.4 Å². The minimum Gasteiger partial charge on any atom is -0.364 e. The molecule has 2 rings (SSSR count). The minimum atomic E-state index is 0.165. The van der Waals surface area contributed by atoms with Crippen LogP contribution in [0.3, 0.4) is 0 Å². The molecule has 0 spiro atoms. The van der Waals surface area contributed by atoms with Crippen molar-refractivity contribution in [2.75, 3.05) is 11.2 Å². The molecule has 0 bridgehead atoms. The van der Waals surface area contributed by atoms with Crippen molar-refractivity contribution in [3.63, 3.8) is 0 Å². The van der Waals surface area contributed by atoms with Crippen molar-refractivity contribution in [3.05, 3.63) is 12.4 Å². The molecule has 2 heterocycles. The van der Waals surface area contributed by atoms with Gasteiger partial charge >= 0.3 is 0 Å². The van der Waals surface area contributed by atoms with Crippen LogP contribution in [0.4, 0.5) is 5.82 Å². The Hall–Kier alpha value is -1.43. The Kier molecular flexibility index (Phi) is 3.19. The zero-order valence-electron chi connectivity index (χ0n) is 9.13. The normalized spacial score (nSPS) is 13.2. The van der Waals surface area contributed by atoms with Crippen molar-refractivity contribution in [3.8, 4) is 0 Å². The molecule has 0 amide bonds. The molecule has 0 radical (unpaired) electrons. The van der Waals surface area contributed by atoms with Crippen LogP contribution in [0.25, 0.3) is 5.65 Å². The molecule has 0 saturated heterocycles. The fourth-order valence-electron chi connectivity index (χ4n) is 1.35. The number of halogens is 1. The molecule has 1 unspecified atom stereocenters. The molecule has 16 heavy (non-hydrogen) atoms. The van der Waals surface area contributed by atoms with Gasteiger partial charge in [0.05, 0.1) is 12.4 Å². The lowest BCUT2D eigenvalue weighted by molar-refractivity contribution is 0.560. The van der Waals surface area contributed by atoms with E-state index in [-0.39, 0.29) is 6.04 Å². The van der Waals surface area contributed by atoms with Crippen molar-refractivity contribution >= 4 is 23.1 Å². The molecule has 1 atom stereocenters. The average molecular weight is 241 g/mol. The quantitative estimate of drug-likeness (QED) is 0.814. The number of fused-ring (bicyclic) bond motifs is 1. The lowest BCUT2D eigenvalue weighted by Crippen LogP contribution is -2.28. The van der Waals surface area contributed by atoms with Gasteiger partial charge in [-0.25, -0.2) is 0 Å². The van der Waals surface area contributed by atoms with Gasteiger partial charge in [0.1, 0.15) is 0 Å². The van der Waals surface area contributed by atoms with Crippen LogP contribution in [0.1, 0.15) is 13.8 Å². The number of aromatic nitrogens is 5. The first-order valence-corrected chi connectivity index (χ1v) is 5.60. The molecule has 0 aliphatic rings. The second kappa shape index (κ2) is 4.61. The molecule has 2 aromatic rings. The summed E-state index contributed by atoms with van der Waals surface area (Å²) in [6.07, 6.45) is 3.29. The summed E-state index contributed by atoms with van der Waals surface area (Å²) in [7, 11) is 0. The third-order valence-corrected chi connectivity index (χ3v) is 2.75. The third-order valence-electron chi connectivity index (χ3n) is 2.41. The molecule has 0 fully saturated rings. The van der Waals surface area contributed by atoms with Crippen LogP contribution in [-0.4, -0.2) is 36.9 Å². The number of hydrogen-bond donors (Lipinski definition) is 1. The van der Waals surface area contributed by atoms with Crippen molar-refractivity contribution < 1.29 is 0 Å².